The lowest BCUT2D eigenvalue weighted by molar-refractivity contribution is -0.118. The van der Waals surface area contributed by atoms with Crippen molar-refractivity contribution in [3.05, 3.63) is 29.3 Å². The Kier molecular flexibility index (Phi) is 8.79. The minimum Gasteiger partial charge on any atom is -0.355 e. The summed E-state index contributed by atoms with van der Waals surface area (Å²) in [4.78, 5) is 12.9. The molecule has 4 heteroatoms. The topological polar surface area (TPSA) is 29.1 Å². The van der Waals surface area contributed by atoms with Crippen molar-refractivity contribution in [2.24, 2.45) is 5.92 Å². The van der Waals surface area contributed by atoms with Gasteiger partial charge in [-0.3, -0.25) is 4.79 Å². The Bertz CT molecular complexity index is 394. The number of carbonyl (C=O) groups excluding carboxylic acids is 1. The predicted molar refractivity (Wildman–Crippen MR) is 88.5 cm³/mol. The second kappa shape index (κ2) is 10.1. The number of hydrogen-bond acceptors (Lipinski definition) is 2. The maximum atomic E-state index is 11.8. The molecular formula is C16H24ClNOS. The third-order valence-corrected chi connectivity index (χ3v) is 4.58. The van der Waals surface area contributed by atoms with Crippen molar-refractivity contribution in [3.63, 3.8) is 0 Å². The number of halogens is 1. The Morgan fingerprint density at radius 1 is 1.30 bits per heavy atom. The summed E-state index contributed by atoms with van der Waals surface area (Å²) in [6.07, 6.45) is 4.80. The molecule has 0 radical (unpaired) electrons. The zero-order chi connectivity index (χ0) is 14.8. The molecule has 112 valence electrons. The van der Waals surface area contributed by atoms with Crippen LogP contribution in [0.1, 0.15) is 39.5 Å². The molecule has 1 aromatic carbocycles. The van der Waals surface area contributed by atoms with Gasteiger partial charge < -0.3 is 5.32 Å². The lowest BCUT2D eigenvalue weighted by atomic mass is 9.99. The summed E-state index contributed by atoms with van der Waals surface area (Å²) in [5.41, 5.74) is 0. The molecule has 1 atom stereocenters. The van der Waals surface area contributed by atoms with Crippen LogP contribution < -0.4 is 5.32 Å². The lowest BCUT2D eigenvalue weighted by Gasteiger charge is -2.15. The number of thioether (sulfide) groups is 1. The Hall–Kier alpha value is -0.670. The van der Waals surface area contributed by atoms with Gasteiger partial charge >= 0.3 is 0 Å². The van der Waals surface area contributed by atoms with E-state index in [0.717, 1.165) is 22.9 Å². The summed E-state index contributed by atoms with van der Waals surface area (Å²) in [6.45, 7) is 5.19. The molecule has 0 aliphatic heterocycles. The third-order valence-electron chi connectivity index (χ3n) is 3.31. The van der Waals surface area contributed by atoms with E-state index < -0.39 is 0 Å². The van der Waals surface area contributed by atoms with E-state index in [-0.39, 0.29) is 5.91 Å². The fraction of sp³-hybridized carbons (Fsp3) is 0.562. The zero-order valence-electron chi connectivity index (χ0n) is 12.3. The van der Waals surface area contributed by atoms with Gasteiger partial charge in [0, 0.05) is 16.5 Å². The second-order valence-electron chi connectivity index (χ2n) is 4.96. The number of amides is 1. The molecule has 0 heterocycles. The summed E-state index contributed by atoms with van der Waals surface area (Å²) >= 11 is 7.37. The van der Waals surface area contributed by atoms with Gasteiger partial charge in [0.25, 0.3) is 0 Å². The van der Waals surface area contributed by atoms with Crippen molar-refractivity contribution < 1.29 is 4.79 Å². The number of carbonyl (C=O) groups is 1. The molecule has 1 N–H and O–H groups in total. The van der Waals surface area contributed by atoms with Crippen molar-refractivity contribution in [2.45, 2.75) is 44.4 Å². The summed E-state index contributed by atoms with van der Waals surface area (Å²) < 4.78 is 0. The second-order valence-corrected chi connectivity index (χ2v) is 6.45. The summed E-state index contributed by atoms with van der Waals surface area (Å²) in [5.74, 6) is 1.19. The fourth-order valence-corrected chi connectivity index (χ4v) is 2.79. The van der Waals surface area contributed by atoms with Crippen molar-refractivity contribution in [2.75, 3.05) is 12.3 Å². The molecule has 0 fully saturated rings. The summed E-state index contributed by atoms with van der Waals surface area (Å²) in [7, 11) is 0. The zero-order valence-corrected chi connectivity index (χ0v) is 13.9. The minimum absolute atomic E-state index is 0.111. The molecular weight excluding hydrogens is 290 g/mol. The summed E-state index contributed by atoms with van der Waals surface area (Å²) in [6, 6.07) is 7.58. The first-order valence-corrected chi connectivity index (χ1v) is 8.67. The van der Waals surface area contributed by atoms with Crippen LogP contribution in [-0.4, -0.2) is 18.2 Å². The van der Waals surface area contributed by atoms with E-state index in [1.165, 1.54) is 19.3 Å². The first kappa shape index (κ1) is 17.4. The largest absolute Gasteiger partial charge is 0.355 e. The number of benzene rings is 1. The van der Waals surface area contributed by atoms with Crippen LogP contribution in [0, 0.1) is 5.92 Å². The molecule has 0 spiro atoms. The summed E-state index contributed by atoms with van der Waals surface area (Å²) in [5, 5.41) is 3.76. The molecule has 1 amide bonds. The van der Waals surface area contributed by atoms with Crippen LogP contribution in [0.25, 0.3) is 0 Å². The molecule has 0 aliphatic rings. The van der Waals surface area contributed by atoms with E-state index in [1.807, 2.05) is 24.3 Å². The molecule has 1 unspecified atom stereocenters. The van der Waals surface area contributed by atoms with Crippen LogP contribution in [0.5, 0.6) is 0 Å². The minimum atomic E-state index is 0.111. The van der Waals surface area contributed by atoms with Crippen molar-refractivity contribution >= 4 is 29.3 Å². The van der Waals surface area contributed by atoms with Crippen molar-refractivity contribution in [1.29, 1.82) is 0 Å². The normalized spacial score (nSPS) is 12.2. The first-order valence-electron chi connectivity index (χ1n) is 7.30. The van der Waals surface area contributed by atoms with Crippen molar-refractivity contribution in [3.8, 4) is 0 Å². The Labute approximate surface area is 131 Å². The maximum absolute atomic E-state index is 11.8. The van der Waals surface area contributed by atoms with Crippen molar-refractivity contribution in [1.82, 2.24) is 5.32 Å². The van der Waals surface area contributed by atoms with Gasteiger partial charge in [0.1, 0.15) is 0 Å². The highest BCUT2D eigenvalue weighted by molar-refractivity contribution is 8.00. The van der Waals surface area contributed by atoms with Gasteiger partial charge in [-0.2, -0.15) is 0 Å². The predicted octanol–water partition coefficient (Wildman–Crippen LogP) is 4.76. The Morgan fingerprint density at radius 3 is 2.60 bits per heavy atom. The average Bonchev–Trinajstić information content (AvgIpc) is 2.47. The van der Waals surface area contributed by atoms with Gasteiger partial charge in [0.2, 0.25) is 5.91 Å². The van der Waals surface area contributed by atoms with Gasteiger partial charge in [-0.15, -0.1) is 11.8 Å². The van der Waals surface area contributed by atoms with Gasteiger partial charge in [0.15, 0.2) is 0 Å². The van der Waals surface area contributed by atoms with E-state index in [4.69, 9.17) is 11.6 Å². The quantitative estimate of drug-likeness (QED) is 0.666. The molecule has 0 aliphatic carbocycles. The highest BCUT2D eigenvalue weighted by Crippen LogP contribution is 2.20. The van der Waals surface area contributed by atoms with Crippen LogP contribution in [-0.2, 0) is 4.79 Å². The van der Waals surface area contributed by atoms with Crippen LogP contribution in [0.3, 0.4) is 0 Å². The molecule has 0 saturated heterocycles. The highest BCUT2D eigenvalue weighted by Gasteiger charge is 2.08. The van der Waals surface area contributed by atoms with Gasteiger partial charge in [-0.25, -0.2) is 0 Å². The smallest absolute Gasteiger partial charge is 0.230 e. The first-order chi connectivity index (χ1) is 9.65. The van der Waals surface area contributed by atoms with Crippen LogP contribution in [0.15, 0.2) is 29.2 Å². The fourth-order valence-electron chi connectivity index (χ4n) is 1.93. The Morgan fingerprint density at radius 2 is 2.00 bits per heavy atom. The number of nitrogens with one attached hydrogen (secondary N) is 1. The molecule has 0 aromatic heterocycles. The SMILES string of the molecule is CCCCC(CC)CNC(=O)CSc1ccc(Cl)cc1. The molecule has 1 aromatic rings. The van der Waals surface area contributed by atoms with E-state index >= 15 is 0 Å². The van der Waals surface area contributed by atoms with Crippen LogP contribution in [0.4, 0.5) is 0 Å². The van der Waals surface area contributed by atoms with Gasteiger partial charge in [-0.1, -0.05) is 44.7 Å². The highest BCUT2D eigenvalue weighted by atomic mass is 35.5. The third kappa shape index (κ3) is 7.20. The maximum Gasteiger partial charge on any atom is 0.230 e. The van der Waals surface area contributed by atoms with E-state index in [1.54, 1.807) is 11.8 Å². The molecule has 2 nitrogen and oxygen atoms in total. The number of rotatable bonds is 9. The van der Waals surface area contributed by atoms with E-state index in [0.29, 0.717) is 11.7 Å². The van der Waals surface area contributed by atoms with Gasteiger partial charge in [-0.05, 0) is 36.6 Å². The molecule has 1 rings (SSSR count). The molecule has 0 bridgehead atoms. The standard InChI is InChI=1S/C16H24ClNOS/c1-3-5-6-13(4-2)11-18-16(19)12-20-15-9-7-14(17)8-10-15/h7-10,13H,3-6,11-12H2,1-2H3,(H,18,19). The number of unbranched alkanes of at least 4 members (excludes halogenated alkanes) is 1. The molecule has 0 saturated carbocycles. The van der Waals surface area contributed by atoms with Gasteiger partial charge in [0.05, 0.1) is 5.75 Å². The van der Waals surface area contributed by atoms with Crippen LogP contribution in [0.2, 0.25) is 5.02 Å². The average molecular weight is 314 g/mol. The van der Waals surface area contributed by atoms with E-state index in [2.05, 4.69) is 19.2 Å². The Balaban J connectivity index is 2.24. The van der Waals surface area contributed by atoms with E-state index in [9.17, 15) is 4.79 Å². The molecule has 20 heavy (non-hydrogen) atoms. The van der Waals surface area contributed by atoms with Crippen LogP contribution >= 0.6 is 23.4 Å². The lowest BCUT2D eigenvalue weighted by Crippen LogP contribution is -2.30. The monoisotopic (exact) mass is 313 g/mol. The number of hydrogen-bond donors (Lipinski definition) is 1.